The largest absolute Gasteiger partial charge is 0.497 e. The van der Waals surface area contributed by atoms with E-state index in [0.29, 0.717) is 22.9 Å². The number of carbonyl (C=O) groups is 1. The van der Waals surface area contributed by atoms with Crippen molar-refractivity contribution in [3.05, 3.63) is 42.0 Å². The fraction of sp³-hybridized carbons (Fsp3) is 0.353. The van der Waals surface area contributed by atoms with Crippen LogP contribution in [0.15, 0.2) is 36.4 Å². The molecule has 1 heterocycles. The highest BCUT2D eigenvalue weighted by Gasteiger charge is 2.08. The molecule has 2 aromatic rings. The average molecular weight is 314 g/mol. The summed E-state index contributed by atoms with van der Waals surface area (Å²) in [5.41, 5.74) is 0.507. The normalized spacial score (nSPS) is 10.2. The SMILES string of the molecule is CCCCCNc1ccc(NC(=O)c2cccc(OC)c2)nn1. The molecule has 0 atom stereocenters. The Kier molecular flexibility index (Phi) is 6.35. The second-order valence-corrected chi connectivity index (χ2v) is 5.12. The molecular weight excluding hydrogens is 292 g/mol. The van der Waals surface area contributed by atoms with Crippen molar-refractivity contribution in [2.75, 3.05) is 24.3 Å². The number of aromatic nitrogens is 2. The van der Waals surface area contributed by atoms with E-state index in [-0.39, 0.29) is 5.91 Å². The Morgan fingerprint density at radius 3 is 2.61 bits per heavy atom. The molecule has 1 aromatic carbocycles. The summed E-state index contributed by atoms with van der Waals surface area (Å²) in [5.74, 6) is 1.51. The zero-order valence-corrected chi connectivity index (χ0v) is 13.5. The number of rotatable bonds is 8. The molecule has 0 spiro atoms. The third-order valence-electron chi connectivity index (χ3n) is 3.32. The van der Waals surface area contributed by atoms with Gasteiger partial charge in [0.25, 0.3) is 5.91 Å². The number of nitrogens with one attached hydrogen (secondary N) is 2. The van der Waals surface area contributed by atoms with Crippen molar-refractivity contribution in [2.24, 2.45) is 0 Å². The number of ether oxygens (including phenoxy) is 1. The van der Waals surface area contributed by atoms with Gasteiger partial charge in [-0.25, -0.2) is 0 Å². The van der Waals surface area contributed by atoms with E-state index in [9.17, 15) is 4.79 Å². The van der Waals surface area contributed by atoms with Gasteiger partial charge < -0.3 is 15.4 Å². The summed E-state index contributed by atoms with van der Waals surface area (Å²) >= 11 is 0. The minimum absolute atomic E-state index is 0.248. The van der Waals surface area contributed by atoms with Crippen LogP contribution < -0.4 is 15.4 Å². The number of methoxy groups -OCH3 is 1. The van der Waals surface area contributed by atoms with Gasteiger partial charge in [-0.2, -0.15) is 0 Å². The quantitative estimate of drug-likeness (QED) is 0.731. The third kappa shape index (κ3) is 5.25. The number of anilines is 2. The second kappa shape index (κ2) is 8.73. The first kappa shape index (κ1) is 16.7. The first-order valence-corrected chi connectivity index (χ1v) is 7.76. The van der Waals surface area contributed by atoms with E-state index >= 15 is 0 Å². The maximum atomic E-state index is 12.2. The van der Waals surface area contributed by atoms with Crippen LogP contribution in [0.4, 0.5) is 11.6 Å². The zero-order chi connectivity index (χ0) is 16.5. The number of carbonyl (C=O) groups excluding carboxylic acids is 1. The predicted molar refractivity (Wildman–Crippen MR) is 91.0 cm³/mol. The van der Waals surface area contributed by atoms with E-state index in [1.54, 1.807) is 43.5 Å². The van der Waals surface area contributed by atoms with Gasteiger partial charge in [-0.3, -0.25) is 4.79 Å². The van der Waals surface area contributed by atoms with Crippen LogP contribution in [0.5, 0.6) is 5.75 Å². The van der Waals surface area contributed by atoms with Crippen molar-refractivity contribution in [3.8, 4) is 5.75 Å². The third-order valence-corrected chi connectivity index (χ3v) is 3.32. The van der Waals surface area contributed by atoms with Gasteiger partial charge in [-0.15, -0.1) is 10.2 Å². The highest BCUT2D eigenvalue weighted by atomic mass is 16.5. The molecule has 23 heavy (non-hydrogen) atoms. The number of benzene rings is 1. The topological polar surface area (TPSA) is 76.1 Å². The molecule has 2 rings (SSSR count). The Balaban J connectivity index is 1.90. The maximum Gasteiger partial charge on any atom is 0.256 e. The summed E-state index contributed by atoms with van der Waals surface area (Å²) in [6.45, 7) is 3.04. The molecule has 0 unspecified atom stereocenters. The van der Waals surface area contributed by atoms with Crippen molar-refractivity contribution in [2.45, 2.75) is 26.2 Å². The molecule has 0 radical (unpaired) electrons. The zero-order valence-electron chi connectivity index (χ0n) is 13.5. The summed E-state index contributed by atoms with van der Waals surface area (Å²) in [4.78, 5) is 12.2. The van der Waals surface area contributed by atoms with Crippen molar-refractivity contribution in [1.29, 1.82) is 0 Å². The van der Waals surface area contributed by atoms with Crippen LogP contribution in [0, 0.1) is 0 Å². The van der Waals surface area contributed by atoms with Crippen LogP contribution in [0.1, 0.15) is 36.5 Å². The maximum absolute atomic E-state index is 12.2. The first-order chi connectivity index (χ1) is 11.2. The second-order valence-electron chi connectivity index (χ2n) is 5.12. The number of hydrogen-bond donors (Lipinski definition) is 2. The molecule has 122 valence electrons. The smallest absolute Gasteiger partial charge is 0.256 e. The summed E-state index contributed by atoms with van der Waals surface area (Å²) in [5, 5.41) is 14.0. The Morgan fingerprint density at radius 1 is 1.13 bits per heavy atom. The molecule has 0 fully saturated rings. The van der Waals surface area contributed by atoms with Gasteiger partial charge >= 0.3 is 0 Å². The van der Waals surface area contributed by atoms with Crippen LogP contribution >= 0.6 is 0 Å². The Morgan fingerprint density at radius 2 is 1.91 bits per heavy atom. The van der Waals surface area contributed by atoms with Crippen LogP contribution in [0.25, 0.3) is 0 Å². The van der Waals surface area contributed by atoms with Crippen LogP contribution in [-0.2, 0) is 0 Å². The number of hydrogen-bond acceptors (Lipinski definition) is 5. The average Bonchev–Trinajstić information content (AvgIpc) is 2.60. The molecule has 6 heteroatoms. The lowest BCUT2D eigenvalue weighted by atomic mass is 10.2. The van der Waals surface area contributed by atoms with Gasteiger partial charge in [0.05, 0.1) is 7.11 Å². The van der Waals surface area contributed by atoms with E-state index in [4.69, 9.17) is 4.74 Å². The number of unbranched alkanes of at least 4 members (excludes halogenated alkanes) is 2. The molecule has 6 nitrogen and oxygen atoms in total. The molecule has 1 amide bonds. The van der Waals surface area contributed by atoms with Crippen LogP contribution in [-0.4, -0.2) is 29.8 Å². The summed E-state index contributed by atoms with van der Waals surface area (Å²) < 4.78 is 5.11. The molecule has 2 N–H and O–H groups in total. The molecule has 1 aromatic heterocycles. The molecule has 0 aliphatic heterocycles. The van der Waals surface area contributed by atoms with Gasteiger partial charge in [0.2, 0.25) is 0 Å². The van der Waals surface area contributed by atoms with Crippen molar-refractivity contribution in [1.82, 2.24) is 10.2 Å². The van der Waals surface area contributed by atoms with E-state index in [2.05, 4.69) is 27.8 Å². The van der Waals surface area contributed by atoms with Gasteiger partial charge in [-0.1, -0.05) is 25.8 Å². The summed E-state index contributed by atoms with van der Waals surface area (Å²) in [6, 6.07) is 10.5. The molecule has 0 saturated carbocycles. The van der Waals surface area contributed by atoms with Gasteiger partial charge in [0.1, 0.15) is 11.6 Å². The van der Waals surface area contributed by atoms with Crippen LogP contribution in [0.3, 0.4) is 0 Å². The fourth-order valence-electron chi connectivity index (χ4n) is 2.04. The Hall–Kier alpha value is -2.63. The van der Waals surface area contributed by atoms with Gasteiger partial charge in [0, 0.05) is 12.1 Å². The molecule has 0 aliphatic carbocycles. The van der Waals surface area contributed by atoms with E-state index in [1.807, 2.05) is 0 Å². The highest BCUT2D eigenvalue weighted by molar-refractivity contribution is 6.03. The van der Waals surface area contributed by atoms with Crippen molar-refractivity contribution < 1.29 is 9.53 Å². The Bertz CT molecular complexity index is 629. The molecule has 0 saturated heterocycles. The summed E-state index contributed by atoms with van der Waals surface area (Å²) in [7, 11) is 1.56. The minimum Gasteiger partial charge on any atom is -0.497 e. The van der Waals surface area contributed by atoms with Crippen LogP contribution in [0.2, 0.25) is 0 Å². The van der Waals surface area contributed by atoms with Gasteiger partial charge in [-0.05, 0) is 36.8 Å². The van der Waals surface area contributed by atoms with E-state index in [0.717, 1.165) is 13.0 Å². The predicted octanol–water partition coefficient (Wildman–Crippen LogP) is 3.34. The van der Waals surface area contributed by atoms with E-state index in [1.165, 1.54) is 12.8 Å². The summed E-state index contributed by atoms with van der Waals surface area (Å²) in [6.07, 6.45) is 3.48. The standard InChI is InChI=1S/C17H22N4O2/c1-3-4-5-11-18-15-9-10-16(21-20-15)19-17(22)13-7-6-8-14(12-13)23-2/h6-10,12H,3-5,11H2,1-2H3,(H,18,20)(H,19,21,22). The molecule has 0 bridgehead atoms. The van der Waals surface area contributed by atoms with E-state index < -0.39 is 0 Å². The van der Waals surface area contributed by atoms with Crippen molar-refractivity contribution in [3.63, 3.8) is 0 Å². The van der Waals surface area contributed by atoms with Crippen molar-refractivity contribution >= 4 is 17.5 Å². The highest BCUT2D eigenvalue weighted by Crippen LogP contribution is 2.14. The lowest BCUT2D eigenvalue weighted by Crippen LogP contribution is -2.14. The molecular formula is C17H22N4O2. The number of amides is 1. The first-order valence-electron chi connectivity index (χ1n) is 7.76. The fourth-order valence-corrected chi connectivity index (χ4v) is 2.04. The van der Waals surface area contributed by atoms with Gasteiger partial charge in [0.15, 0.2) is 5.82 Å². The lowest BCUT2D eigenvalue weighted by molar-refractivity contribution is 0.102. The minimum atomic E-state index is -0.248. The number of nitrogens with zero attached hydrogens (tertiary/aromatic N) is 2. The monoisotopic (exact) mass is 314 g/mol. The molecule has 0 aliphatic rings. The Labute approximate surface area is 136 Å². The lowest BCUT2D eigenvalue weighted by Gasteiger charge is -2.07.